The lowest BCUT2D eigenvalue weighted by molar-refractivity contribution is -0.0943. The average Bonchev–Trinajstić information content (AvgIpc) is 2.70. The van der Waals surface area contributed by atoms with Gasteiger partial charge in [-0.1, -0.05) is 51.1 Å². The first-order valence-electron chi connectivity index (χ1n) is 7.65. The van der Waals surface area contributed by atoms with E-state index in [-0.39, 0.29) is 5.41 Å². The monoisotopic (exact) mass is 258 g/mol. The molecule has 0 spiro atoms. The van der Waals surface area contributed by atoms with Gasteiger partial charge in [0, 0.05) is 5.41 Å². The van der Waals surface area contributed by atoms with E-state index in [1.807, 2.05) is 0 Å². The second-order valence-corrected chi connectivity index (χ2v) is 7.51. The fraction of sp³-hybridized carbons (Fsp3) is 0.667. The summed E-state index contributed by atoms with van der Waals surface area (Å²) in [5, 5.41) is 11.2. The fourth-order valence-electron chi connectivity index (χ4n) is 4.79. The highest BCUT2D eigenvalue weighted by atomic mass is 16.3. The Morgan fingerprint density at radius 1 is 1.16 bits per heavy atom. The molecule has 2 fully saturated rings. The van der Waals surface area contributed by atoms with E-state index in [4.69, 9.17) is 0 Å². The van der Waals surface area contributed by atoms with Gasteiger partial charge in [0.2, 0.25) is 0 Å². The van der Waals surface area contributed by atoms with Gasteiger partial charge in [-0.25, -0.2) is 0 Å². The first-order chi connectivity index (χ1) is 8.89. The third-order valence-electron chi connectivity index (χ3n) is 6.72. The van der Waals surface area contributed by atoms with Crippen LogP contribution in [0.25, 0.3) is 0 Å². The summed E-state index contributed by atoms with van der Waals surface area (Å²) in [5.41, 5.74) is 1.27. The molecule has 0 saturated heterocycles. The van der Waals surface area contributed by atoms with Gasteiger partial charge in [0.15, 0.2) is 0 Å². The van der Waals surface area contributed by atoms with Gasteiger partial charge in [0.25, 0.3) is 0 Å². The molecule has 1 nitrogen and oxygen atoms in total. The molecule has 0 radical (unpaired) electrons. The zero-order valence-corrected chi connectivity index (χ0v) is 12.4. The van der Waals surface area contributed by atoms with Crippen LogP contribution < -0.4 is 0 Å². The number of aryl methyl sites for hydroxylation is 1. The smallest absolute Gasteiger partial charge is 0.0712 e. The van der Waals surface area contributed by atoms with Crippen molar-refractivity contribution in [1.29, 1.82) is 0 Å². The molecule has 1 aromatic rings. The van der Waals surface area contributed by atoms with Crippen LogP contribution >= 0.6 is 0 Å². The van der Waals surface area contributed by atoms with Gasteiger partial charge in [-0.15, -0.1) is 0 Å². The predicted octanol–water partition coefficient (Wildman–Crippen LogP) is 4.20. The van der Waals surface area contributed by atoms with Crippen LogP contribution in [0.1, 0.15) is 52.0 Å². The second kappa shape index (κ2) is 4.09. The third-order valence-corrected chi connectivity index (χ3v) is 6.72. The highest BCUT2D eigenvalue weighted by molar-refractivity contribution is 5.20. The van der Waals surface area contributed by atoms with Gasteiger partial charge in [-0.2, -0.15) is 0 Å². The Morgan fingerprint density at radius 2 is 1.84 bits per heavy atom. The summed E-state index contributed by atoms with van der Waals surface area (Å²) < 4.78 is 0. The predicted molar refractivity (Wildman–Crippen MR) is 78.9 cm³/mol. The Hall–Kier alpha value is -0.820. The Balaban J connectivity index is 1.78. The Labute approximate surface area is 117 Å². The summed E-state index contributed by atoms with van der Waals surface area (Å²) >= 11 is 0. The molecule has 3 unspecified atom stereocenters. The topological polar surface area (TPSA) is 20.2 Å². The number of rotatable bonds is 3. The number of aliphatic hydroxyl groups is 1. The van der Waals surface area contributed by atoms with E-state index in [0.717, 1.165) is 19.3 Å². The first kappa shape index (κ1) is 13.2. The van der Waals surface area contributed by atoms with E-state index in [1.54, 1.807) is 0 Å². The fourth-order valence-corrected chi connectivity index (χ4v) is 4.79. The largest absolute Gasteiger partial charge is 0.389 e. The van der Waals surface area contributed by atoms with E-state index in [9.17, 15) is 5.11 Å². The van der Waals surface area contributed by atoms with Crippen molar-refractivity contribution in [2.24, 2.45) is 16.7 Å². The van der Waals surface area contributed by atoms with Crippen LogP contribution in [0.15, 0.2) is 30.3 Å². The van der Waals surface area contributed by atoms with Gasteiger partial charge in [-0.3, -0.25) is 0 Å². The van der Waals surface area contributed by atoms with E-state index >= 15 is 0 Å². The molecule has 1 heteroatoms. The average molecular weight is 258 g/mol. The lowest BCUT2D eigenvalue weighted by Gasteiger charge is -2.45. The summed E-state index contributed by atoms with van der Waals surface area (Å²) in [4.78, 5) is 0. The van der Waals surface area contributed by atoms with Crippen molar-refractivity contribution in [3.63, 3.8) is 0 Å². The van der Waals surface area contributed by atoms with Crippen LogP contribution in [0.2, 0.25) is 0 Å². The van der Waals surface area contributed by atoms with Gasteiger partial charge in [0.1, 0.15) is 0 Å². The van der Waals surface area contributed by atoms with Crippen LogP contribution in [0.3, 0.4) is 0 Å². The molecule has 0 aromatic heterocycles. The van der Waals surface area contributed by atoms with Crippen LogP contribution in [0.5, 0.6) is 0 Å². The quantitative estimate of drug-likeness (QED) is 0.861. The second-order valence-electron chi connectivity index (χ2n) is 7.51. The molecule has 3 atom stereocenters. The Morgan fingerprint density at radius 3 is 2.37 bits per heavy atom. The normalized spacial score (nSPS) is 39.7. The minimum absolute atomic E-state index is 0.0967. The molecule has 1 N–H and O–H groups in total. The SMILES string of the molecule is CC1(C)C2CCC1(C)C(O)(CCc1ccccc1)C2. The molecule has 0 amide bonds. The van der Waals surface area contributed by atoms with Gasteiger partial charge in [0.05, 0.1) is 5.60 Å². The summed E-state index contributed by atoms with van der Waals surface area (Å²) in [6, 6.07) is 10.6. The van der Waals surface area contributed by atoms with Crippen molar-refractivity contribution in [3.05, 3.63) is 35.9 Å². The summed E-state index contributed by atoms with van der Waals surface area (Å²) in [6.07, 6.45) is 5.40. The molecule has 2 aliphatic carbocycles. The molecule has 2 aliphatic rings. The standard InChI is InChI=1S/C18H26O/c1-16(2)15-10-11-17(16,3)18(19,13-15)12-9-14-7-5-4-6-8-14/h4-8,15,19H,9-13H2,1-3H3. The van der Waals surface area contributed by atoms with Gasteiger partial charge < -0.3 is 5.11 Å². The maximum Gasteiger partial charge on any atom is 0.0712 e. The number of fused-ring (bicyclic) bond motifs is 2. The number of hydrogen-bond donors (Lipinski definition) is 1. The zero-order valence-electron chi connectivity index (χ0n) is 12.4. The Kier molecular flexibility index (Phi) is 2.83. The van der Waals surface area contributed by atoms with Crippen LogP contribution in [-0.2, 0) is 6.42 Å². The van der Waals surface area contributed by atoms with E-state index in [2.05, 4.69) is 51.1 Å². The maximum absolute atomic E-state index is 11.2. The molecule has 1 aromatic carbocycles. The third kappa shape index (κ3) is 1.71. The van der Waals surface area contributed by atoms with Crippen molar-refractivity contribution in [1.82, 2.24) is 0 Å². The molecule has 3 rings (SSSR count). The molecule has 2 saturated carbocycles. The zero-order chi connectivity index (χ0) is 13.7. The molecule has 0 heterocycles. The molecular weight excluding hydrogens is 232 g/mol. The summed E-state index contributed by atoms with van der Waals surface area (Å²) in [7, 11) is 0. The first-order valence-corrected chi connectivity index (χ1v) is 7.65. The van der Waals surface area contributed by atoms with Crippen LogP contribution in [0.4, 0.5) is 0 Å². The van der Waals surface area contributed by atoms with E-state index < -0.39 is 5.60 Å². The Bertz CT molecular complexity index is 464. The van der Waals surface area contributed by atoms with Crippen LogP contribution in [-0.4, -0.2) is 10.7 Å². The highest BCUT2D eigenvalue weighted by Crippen LogP contribution is 2.70. The van der Waals surface area contributed by atoms with E-state index in [1.165, 1.54) is 18.4 Å². The van der Waals surface area contributed by atoms with Crippen LogP contribution in [0, 0.1) is 16.7 Å². The van der Waals surface area contributed by atoms with Gasteiger partial charge in [-0.05, 0) is 49.0 Å². The lowest BCUT2D eigenvalue weighted by atomic mass is 9.63. The summed E-state index contributed by atoms with van der Waals surface area (Å²) in [5.74, 6) is 0.707. The minimum Gasteiger partial charge on any atom is -0.389 e. The van der Waals surface area contributed by atoms with Gasteiger partial charge >= 0.3 is 0 Å². The van der Waals surface area contributed by atoms with Crippen molar-refractivity contribution < 1.29 is 5.11 Å². The van der Waals surface area contributed by atoms with Crippen molar-refractivity contribution >= 4 is 0 Å². The lowest BCUT2D eigenvalue weighted by Crippen LogP contribution is -2.47. The molecule has 2 bridgehead atoms. The van der Waals surface area contributed by atoms with Crippen molar-refractivity contribution in [3.8, 4) is 0 Å². The molecule has 0 aliphatic heterocycles. The molecule has 104 valence electrons. The van der Waals surface area contributed by atoms with Crippen molar-refractivity contribution in [2.45, 2.75) is 58.5 Å². The maximum atomic E-state index is 11.2. The molecule has 19 heavy (non-hydrogen) atoms. The van der Waals surface area contributed by atoms with Crippen molar-refractivity contribution in [2.75, 3.05) is 0 Å². The number of hydrogen-bond acceptors (Lipinski definition) is 1. The minimum atomic E-state index is -0.463. The summed E-state index contributed by atoms with van der Waals surface area (Å²) in [6.45, 7) is 7.06. The highest BCUT2D eigenvalue weighted by Gasteiger charge is 2.67. The number of benzene rings is 1. The van der Waals surface area contributed by atoms with E-state index in [0.29, 0.717) is 11.3 Å². The molecular formula is C18H26O.